The van der Waals surface area contributed by atoms with Gasteiger partial charge in [0, 0.05) is 6.42 Å². The van der Waals surface area contributed by atoms with Crippen molar-refractivity contribution in [3.05, 3.63) is 29.8 Å². The van der Waals surface area contributed by atoms with Crippen molar-refractivity contribution in [3.8, 4) is 11.5 Å². The number of fused-ring (bicyclic) bond motifs is 7. The highest BCUT2D eigenvalue weighted by molar-refractivity contribution is 5.94. The lowest BCUT2D eigenvalue weighted by molar-refractivity contribution is -0.260. The Kier molecular flexibility index (Phi) is 7.67. The predicted molar refractivity (Wildman–Crippen MR) is 175 cm³/mol. The lowest BCUT2D eigenvalue weighted by Crippen LogP contribution is -2.68. The third-order valence-electron chi connectivity index (χ3n) is 15.3. The molecule has 0 radical (unpaired) electrons. The molecule has 1 aromatic rings. The number of carboxylic acids is 1. The smallest absolute Gasteiger partial charge is 0.309 e. The monoisotopic (exact) mass is 620 g/mol. The van der Waals surface area contributed by atoms with Crippen LogP contribution in [-0.2, 0) is 9.59 Å². The van der Waals surface area contributed by atoms with E-state index in [0.29, 0.717) is 30.2 Å². The van der Waals surface area contributed by atoms with Crippen LogP contribution in [0.2, 0.25) is 0 Å². The third-order valence-corrected chi connectivity index (χ3v) is 15.3. The van der Waals surface area contributed by atoms with Crippen LogP contribution in [0.15, 0.2) is 24.3 Å². The van der Waals surface area contributed by atoms with E-state index in [1.165, 1.54) is 12.1 Å². The number of phenols is 2. The largest absolute Gasteiger partial charge is 0.504 e. The molecule has 0 spiro atoms. The molecule has 5 aliphatic rings. The fourth-order valence-corrected chi connectivity index (χ4v) is 12.8. The lowest BCUT2D eigenvalue weighted by Gasteiger charge is -2.74. The van der Waals surface area contributed by atoms with Crippen LogP contribution in [-0.4, -0.2) is 38.3 Å². The van der Waals surface area contributed by atoms with Crippen LogP contribution in [0, 0.1) is 56.2 Å². The summed E-state index contributed by atoms with van der Waals surface area (Å²) in [6, 6.07) is 4.58. The zero-order chi connectivity index (χ0) is 32.8. The van der Waals surface area contributed by atoms with Crippen LogP contribution in [0.5, 0.6) is 11.5 Å². The van der Waals surface area contributed by atoms with E-state index in [9.17, 15) is 30.0 Å². The number of ketones is 1. The minimum Gasteiger partial charge on any atom is -0.504 e. The molecular weight excluding hydrogens is 564 g/mol. The van der Waals surface area contributed by atoms with Crippen molar-refractivity contribution < 1.29 is 30.0 Å². The SMILES string of the molecule is CC1(C)CC[C@]2(C(=O)O)CC[C@]3(CC(=O)/C=C/c4ccc(O)c(O)c4)[C@H](CC[C@@H]4[C@@]5(C)CC[C@H](O)C(C)(C)[C@@H]5CC[C@]43C)[C@@H]2C1. The van der Waals surface area contributed by atoms with Crippen molar-refractivity contribution in [1.29, 1.82) is 0 Å². The number of hydrogen-bond acceptors (Lipinski definition) is 5. The van der Waals surface area contributed by atoms with Crippen molar-refractivity contribution in [2.24, 2.45) is 56.2 Å². The Bertz CT molecular complexity index is 1390. The number of aromatic hydroxyl groups is 2. The molecule has 9 atom stereocenters. The summed E-state index contributed by atoms with van der Waals surface area (Å²) in [5.41, 5.74) is -0.519. The predicted octanol–water partition coefficient (Wildman–Crippen LogP) is 8.38. The van der Waals surface area contributed by atoms with Crippen molar-refractivity contribution in [2.75, 3.05) is 0 Å². The summed E-state index contributed by atoms with van der Waals surface area (Å²) >= 11 is 0. The Morgan fingerprint density at radius 3 is 2.22 bits per heavy atom. The fraction of sp³-hybridized carbons (Fsp3) is 0.744. The molecule has 45 heavy (non-hydrogen) atoms. The van der Waals surface area contributed by atoms with Gasteiger partial charge in [-0.3, -0.25) is 9.59 Å². The van der Waals surface area contributed by atoms with Crippen LogP contribution >= 0.6 is 0 Å². The molecule has 4 N–H and O–H groups in total. The van der Waals surface area contributed by atoms with Crippen LogP contribution < -0.4 is 0 Å². The summed E-state index contributed by atoms with van der Waals surface area (Å²) in [5.74, 6) is 0.0452. The number of rotatable bonds is 5. The second-order valence-corrected chi connectivity index (χ2v) is 17.9. The molecular formula is C39H56O6. The van der Waals surface area contributed by atoms with Gasteiger partial charge in [-0.1, -0.05) is 53.7 Å². The Morgan fingerprint density at radius 1 is 0.822 bits per heavy atom. The van der Waals surface area contributed by atoms with Gasteiger partial charge in [0.1, 0.15) is 0 Å². The number of carbonyl (C=O) groups excluding carboxylic acids is 1. The molecule has 0 aromatic heterocycles. The van der Waals surface area contributed by atoms with Crippen LogP contribution in [0.25, 0.3) is 6.08 Å². The van der Waals surface area contributed by atoms with Gasteiger partial charge in [0.15, 0.2) is 17.3 Å². The first-order chi connectivity index (χ1) is 20.9. The number of benzene rings is 1. The Morgan fingerprint density at radius 2 is 1.53 bits per heavy atom. The number of aliphatic hydroxyl groups excluding tert-OH is 1. The van der Waals surface area contributed by atoms with E-state index in [4.69, 9.17) is 0 Å². The minimum atomic E-state index is -0.715. The van der Waals surface area contributed by atoms with Crippen LogP contribution in [0.1, 0.15) is 124 Å². The van der Waals surface area contributed by atoms with Crippen molar-refractivity contribution in [2.45, 2.75) is 125 Å². The summed E-state index contributed by atoms with van der Waals surface area (Å²) in [4.78, 5) is 27.4. The fourth-order valence-electron chi connectivity index (χ4n) is 12.8. The van der Waals surface area contributed by atoms with E-state index in [0.717, 1.165) is 64.2 Å². The third kappa shape index (κ3) is 4.73. The minimum absolute atomic E-state index is 0.0475. The Hall–Kier alpha value is -2.34. The number of phenolic OH excluding ortho intramolecular Hbond substituents is 2. The maximum Gasteiger partial charge on any atom is 0.309 e. The molecule has 0 saturated heterocycles. The quantitative estimate of drug-likeness (QED) is 0.194. The summed E-state index contributed by atoms with van der Waals surface area (Å²) in [6.45, 7) is 14.1. The molecule has 0 bridgehead atoms. The van der Waals surface area contributed by atoms with Gasteiger partial charge in [0.25, 0.3) is 0 Å². The molecule has 248 valence electrons. The van der Waals surface area contributed by atoms with Crippen LogP contribution in [0.4, 0.5) is 0 Å². The molecule has 5 saturated carbocycles. The lowest BCUT2D eigenvalue weighted by atomic mass is 9.30. The average molecular weight is 621 g/mol. The number of carbonyl (C=O) groups is 2. The van der Waals surface area contributed by atoms with Gasteiger partial charge in [-0.05, 0) is 145 Å². The zero-order valence-corrected chi connectivity index (χ0v) is 28.4. The van der Waals surface area contributed by atoms with Gasteiger partial charge in [0.2, 0.25) is 0 Å². The van der Waals surface area contributed by atoms with Crippen molar-refractivity contribution >= 4 is 17.8 Å². The first-order valence-corrected chi connectivity index (χ1v) is 17.6. The normalized spacial score (nSPS) is 43.4. The maximum atomic E-state index is 14.2. The first kappa shape index (κ1) is 32.6. The van der Waals surface area contributed by atoms with Gasteiger partial charge in [-0.15, -0.1) is 0 Å². The first-order valence-electron chi connectivity index (χ1n) is 17.6. The second-order valence-electron chi connectivity index (χ2n) is 17.9. The van der Waals surface area contributed by atoms with Gasteiger partial charge in [-0.2, -0.15) is 0 Å². The van der Waals surface area contributed by atoms with Gasteiger partial charge in [0.05, 0.1) is 11.5 Å². The number of hydrogen-bond donors (Lipinski definition) is 4. The highest BCUT2D eigenvalue weighted by Crippen LogP contribution is 2.78. The molecule has 6 heteroatoms. The summed E-state index contributed by atoms with van der Waals surface area (Å²) in [7, 11) is 0. The van der Waals surface area contributed by atoms with E-state index in [1.54, 1.807) is 18.2 Å². The molecule has 0 heterocycles. The summed E-state index contributed by atoms with van der Waals surface area (Å²) in [6.07, 6.45) is 13.3. The molecule has 0 unspecified atom stereocenters. The number of carboxylic acid groups (broad SMARTS) is 1. The van der Waals surface area contributed by atoms with Gasteiger partial charge in [-0.25, -0.2) is 0 Å². The average Bonchev–Trinajstić information content (AvgIpc) is 2.95. The molecule has 0 amide bonds. The number of aliphatic carboxylic acids is 1. The standard InChI is InChI=1S/C39H56O6/c1-34(2)17-18-38(33(44)45)19-20-39(22-25(40)9-7-24-8-11-28(41)29(42)21-24)26(27(38)23-34)10-12-31-36(5)15-14-32(43)35(3,4)30(36)13-16-37(31,39)6/h7-9,11,21,26-27,30-32,41-43H,10,12-20,22-23H2,1-6H3,(H,44,45)/b9-7+/t26-,27+,30+,31-,32+,36+,37-,38+,39+/m1/s1. The molecule has 6 nitrogen and oxygen atoms in total. The maximum absolute atomic E-state index is 14.2. The van der Waals surface area contributed by atoms with E-state index >= 15 is 0 Å². The summed E-state index contributed by atoms with van der Waals surface area (Å²) in [5, 5.41) is 41.7. The topological polar surface area (TPSA) is 115 Å². The highest BCUT2D eigenvalue weighted by Gasteiger charge is 2.72. The van der Waals surface area contributed by atoms with Gasteiger partial charge >= 0.3 is 5.97 Å². The van der Waals surface area contributed by atoms with Crippen molar-refractivity contribution in [1.82, 2.24) is 0 Å². The van der Waals surface area contributed by atoms with E-state index in [1.807, 2.05) is 0 Å². The molecule has 0 aliphatic heterocycles. The highest BCUT2D eigenvalue weighted by atomic mass is 16.4. The summed E-state index contributed by atoms with van der Waals surface area (Å²) < 4.78 is 0. The second kappa shape index (κ2) is 10.6. The van der Waals surface area contributed by atoms with E-state index in [2.05, 4.69) is 41.5 Å². The zero-order valence-electron chi connectivity index (χ0n) is 28.4. The Labute approximate surface area is 269 Å². The van der Waals surface area contributed by atoms with Gasteiger partial charge < -0.3 is 20.4 Å². The molecule has 1 aromatic carbocycles. The number of allylic oxidation sites excluding steroid dienone is 1. The molecule has 5 fully saturated rings. The van der Waals surface area contributed by atoms with Crippen molar-refractivity contribution in [3.63, 3.8) is 0 Å². The molecule has 5 aliphatic carbocycles. The Balaban J connectivity index is 1.43. The van der Waals surface area contributed by atoms with E-state index in [-0.39, 0.29) is 62.3 Å². The number of aliphatic hydroxyl groups is 1. The van der Waals surface area contributed by atoms with Crippen LogP contribution in [0.3, 0.4) is 0 Å². The van der Waals surface area contributed by atoms with E-state index < -0.39 is 11.4 Å². The molecule has 6 rings (SSSR count).